The number of hydrogen-bond acceptors (Lipinski definition) is 3. The standard InChI is InChI=1S/C10H10F3NO2/c1-15-9-4-8(16-6-2-3-6)7(5-14-9)10(11,12)13/h4-6H,2-3H2,1H3. The molecule has 1 fully saturated rings. The summed E-state index contributed by atoms with van der Waals surface area (Å²) in [5, 5.41) is 0. The Kier molecular flexibility index (Phi) is 2.65. The zero-order chi connectivity index (χ0) is 11.8. The van der Waals surface area contributed by atoms with Gasteiger partial charge in [0.25, 0.3) is 0 Å². The average molecular weight is 233 g/mol. The highest BCUT2D eigenvalue weighted by Gasteiger charge is 2.37. The zero-order valence-electron chi connectivity index (χ0n) is 8.54. The molecule has 1 aliphatic rings. The van der Waals surface area contributed by atoms with Crippen LogP contribution in [-0.2, 0) is 6.18 Å². The molecule has 0 bridgehead atoms. The molecule has 3 nitrogen and oxygen atoms in total. The first kappa shape index (κ1) is 11.0. The van der Waals surface area contributed by atoms with Crippen LogP contribution < -0.4 is 9.47 Å². The Balaban J connectivity index is 2.33. The maximum absolute atomic E-state index is 12.6. The molecule has 0 aromatic carbocycles. The van der Waals surface area contributed by atoms with E-state index in [1.165, 1.54) is 13.2 Å². The fourth-order valence-corrected chi connectivity index (χ4v) is 1.21. The smallest absolute Gasteiger partial charge is 0.421 e. The van der Waals surface area contributed by atoms with Crippen LogP contribution >= 0.6 is 0 Å². The third-order valence-electron chi connectivity index (χ3n) is 2.17. The van der Waals surface area contributed by atoms with E-state index in [4.69, 9.17) is 9.47 Å². The lowest BCUT2D eigenvalue weighted by Crippen LogP contribution is -2.10. The van der Waals surface area contributed by atoms with E-state index in [1.807, 2.05) is 0 Å². The highest BCUT2D eigenvalue weighted by atomic mass is 19.4. The number of alkyl halides is 3. The Morgan fingerprint density at radius 1 is 1.38 bits per heavy atom. The van der Waals surface area contributed by atoms with Crippen LogP contribution in [0, 0.1) is 0 Å². The minimum Gasteiger partial charge on any atom is -0.490 e. The van der Waals surface area contributed by atoms with Gasteiger partial charge < -0.3 is 9.47 Å². The molecule has 1 heterocycles. The second-order valence-electron chi connectivity index (χ2n) is 3.54. The molecular weight excluding hydrogens is 223 g/mol. The molecular formula is C10H10F3NO2. The van der Waals surface area contributed by atoms with Crippen LogP contribution in [0.5, 0.6) is 11.6 Å². The number of aromatic nitrogens is 1. The van der Waals surface area contributed by atoms with Crippen molar-refractivity contribution in [2.45, 2.75) is 25.1 Å². The monoisotopic (exact) mass is 233 g/mol. The lowest BCUT2D eigenvalue weighted by atomic mass is 10.2. The number of nitrogens with zero attached hydrogens (tertiary/aromatic N) is 1. The Labute approximate surface area is 90.2 Å². The van der Waals surface area contributed by atoms with Gasteiger partial charge in [-0.05, 0) is 12.8 Å². The van der Waals surface area contributed by atoms with Crippen molar-refractivity contribution < 1.29 is 22.6 Å². The first-order valence-corrected chi connectivity index (χ1v) is 4.78. The molecule has 88 valence electrons. The van der Waals surface area contributed by atoms with E-state index in [2.05, 4.69) is 4.98 Å². The van der Waals surface area contributed by atoms with Gasteiger partial charge in [-0.15, -0.1) is 0 Å². The van der Waals surface area contributed by atoms with Crippen molar-refractivity contribution in [3.8, 4) is 11.6 Å². The van der Waals surface area contributed by atoms with Crippen LogP contribution in [0.2, 0.25) is 0 Å². The Morgan fingerprint density at radius 3 is 2.56 bits per heavy atom. The molecule has 0 atom stereocenters. The quantitative estimate of drug-likeness (QED) is 0.804. The minimum atomic E-state index is -4.45. The summed E-state index contributed by atoms with van der Waals surface area (Å²) in [6, 6.07) is 1.17. The lowest BCUT2D eigenvalue weighted by Gasteiger charge is -2.13. The summed E-state index contributed by atoms with van der Waals surface area (Å²) >= 11 is 0. The SMILES string of the molecule is COc1cc(OC2CC2)c(C(F)(F)F)cn1. The van der Waals surface area contributed by atoms with E-state index < -0.39 is 11.7 Å². The molecule has 0 spiro atoms. The van der Waals surface area contributed by atoms with Gasteiger partial charge >= 0.3 is 6.18 Å². The molecule has 2 rings (SSSR count). The Bertz CT molecular complexity index is 388. The van der Waals surface area contributed by atoms with Gasteiger partial charge in [-0.1, -0.05) is 0 Å². The van der Waals surface area contributed by atoms with E-state index in [0.717, 1.165) is 19.0 Å². The molecule has 1 saturated carbocycles. The molecule has 0 amide bonds. The third kappa shape index (κ3) is 2.37. The topological polar surface area (TPSA) is 31.4 Å². The molecule has 0 aliphatic heterocycles. The Morgan fingerprint density at radius 2 is 2.06 bits per heavy atom. The van der Waals surface area contributed by atoms with E-state index in [0.29, 0.717) is 0 Å². The number of hydrogen-bond donors (Lipinski definition) is 0. The number of methoxy groups -OCH3 is 1. The van der Waals surface area contributed by atoms with Crippen LogP contribution in [0.4, 0.5) is 13.2 Å². The van der Waals surface area contributed by atoms with Gasteiger partial charge in [0.15, 0.2) is 0 Å². The maximum atomic E-state index is 12.6. The molecule has 1 aromatic heterocycles. The van der Waals surface area contributed by atoms with Crippen LogP contribution in [0.1, 0.15) is 18.4 Å². The summed E-state index contributed by atoms with van der Waals surface area (Å²) in [6.45, 7) is 0. The van der Waals surface area contributed by atoms with Gasteiger partial charge in [0.2, 0.25) is 5.88 Å². The fourth-order valence-electron chi connectivity index (χ4n) is 1.21. The summed E-state index contributed by atoms with van der Waals surface area (Å²) in [7, 11) is 1.34. The van der Waals surface area contributed by atoms with E-state index in [-0.39, 0.29) is 17.7 Å². The lowest BCUT2D eigenvalue weighted by molar-refractivity contribution is -0.139. The second-order valence-corrected chi connectivity index (χ2v) is 3.54. The third-order valence-corrected chi connectivity index (χ3v) is 2.17. The predicted molar refractivity (Wildman–Crippen MR) is 49.4 cm³/mol. The Hall–Kier alpha value is -1.46. The maximum Gasteiger partial charge on any atom is 0.421 e. The van der Waals surface area contributed by atoms with E-state index in [9.17, 15) is 13.2 Å². The van der Waals surface area contributed by atoms with Gasteiger partial charge in [-0.3, -0.25) is 0 Å². The first-order chi connectivity index (χ1) is 7.50. The van der Waals surface area contributed by atoms with Crippen LogP contribution in [0.15, 0.2) is 12.3 Å². The summed E-state index contributed by atoms with van der Waals surface area (Å²) in [5.41, 5.74) is -0.861. The minimum absolute atomic E-state index is 0.104. The van der Waals surface area contributed by atoms with E-state index in [1.54, 1.807) is 0 Å². The molecule has 6 heteroatoms. The molecule has 0 unspecified atom stereocenters. The van der Waals surface area contributed by atoms with Crippen LogP contribution in [0.25, 0.3) is 0 Å². The molecule has 16 heavy (non-hydrogen) atoms. The summed E-state index contributed by atoms with van der Waals surface area (Å²) in [4.78, 5) is 3.53. The fraction of sp³-hybridized carbons (Fsp3) is 0.500. The summed E-state index contributed by atoms with van der Waals surface area (Å²) in [5.74, 6) is -0.0921. The van der Waals surface area contributed by atoms with Crippen molar-refractivity contribution >= 4 is 0 Å². The van der Waals surface area contributed by atoms with Gasteiger partial charge in [0, 0.05) is 12.3 Å². The summed E-state index contributed by atoms with van der Waals surface area (Å²) in [6.07, 6.45) is -2.24. The van der Waals surface area contributed by atoms with E-state index >= 15 is 0 Å². The van der Waals surface area contributed by atoms with Crippen molar-refractivity contribution in [1.82, 2.24) is 4.98 Å². The molecule has 0 N–H and O–H groups in total. The van der Waals surface area contributed by atoms with Crippen molar-refractivity contribution in [1.29, 1.82) is 0 Å². The number of ether oxygens (including phenoxy) is 2. The van der Waals surface area contributed by atoms with Crippen molar-refractivity contribution in [2.75, 3.05) is 7.11 Å². The first-order valence-electron chi connectivity index (χ1n) is 4.78. The number of rotatable bonds is 3. The molecule has 0 radical (unpaired) electrons. The van der Waals surface area contributed by atoms with Gasteiger partial charge in [-0.25, -0.2) is 4.98 Å². The van der Waals surface area contributed by atoms with Crippen molar-refractivity contribution in [3.05, 3.63) is 17.8 Å². The van der Waals surface area contributed by atoms with Crippen LogP contribution in [-0.4, -0.2) is 18.2 Å². The normalized spacial score (nSPS) is 16.0. The summed E-state index contributed by atoms with van der Waals surface area (Å²) < 4.78 is 47.7. The largest absolute Gasteiger partial charge is 0.490 e. The molecule has 1 aromatic rings. The van der Waals surface area contributed by atoms with Gasteiger partial charge in [0.05, 0.1) is 13.2 Å². The second kappa shape index (κ2) is 3.84. The highest BCUT2D eigenvalue weighted by Crippen LogP contribution is 2.39. The average Bonchev–Trinajstić information content (AvgIpc) is 3.00. The zero-order valence-corrected chi connectivity index (χ0v) is 8.54. The number of pyridine rings is 1. The molecule has 1 aliphatic carbocycles. The highest BCUT2D eigenvalue weighted by molar-refractivity contribution is 5.37. The van der Waals surface area contributed by atoms with Gasteiger partial charge in [-0.2, -0.15) is 13.2 Å². The molecule has 0 saturated heterocycles. The predicted octanol–water partition coefficient (Wildman–Crippen LogP) is 2.65. The van der Waals surface area contributed by atoms with Gasteiger partial charge in [0.1, 0.15) is 11.3 Å². The van der Waals surface area contributed by atoms with Crippen molar-refractivity contribution in [3.63, 3.8) is 0 Å². The van der Waals surface area contributed by atoms with Crippen molar-refractivity contribution in [2.24, 2.45) is 0 Å². The number of halogens is 3. The van der Waals surface area contributed by atoms with Crippen LogP contribution in [0.3, 0.4) is 0 Å².